The molecule has 0 aromatic carbocycles. The molecule has 1 aliphatic heterocycles. The number of hydrogen-bond donors (Lipinski definition) is 0. The van der Waals surface area contributed by atoms with E-state index < -0.39 is 14.6 Å². The second kappa shape index (κ2) is 6.59. The summed E-state index contributed by atoms with van der Waals surface area (Å²) >= 11 is 0. The van der Waals surface area contributed by atoms with Crippen molar-refractivity contribution in [1.82, 2.24) is 9.88 Å². The van der Waals surface area contributed by atoms with Crippen LogP contribution in [0.2, 0.25) is 0 Å². The predicted molar refractivity (Wildman–Crippen MR) is 99.4 cm³/mol. The molecule has 1 amide bonds. The van der Waals surface area contributed by atoms with Gasteiger partial charge in [0.2, 0.25) is 5.91 Å². The van der Waals surface area contributed by atoms with Gasteiger partial charge in [0.15, 0.2) is 14.9 Å². The van der Waals surface area contributed by atoms with Gasteiger partial charge in [0.05, 0.1) is 16.6 Å². The summed E-state index contributed by atoms with van der Waals surface area (Å²) in [5, 5.41) is 0.102. The highest BCUT2D eigenvalue weighted by atomic mass is 32.2. The van der Waals surface area contributed by atoms with Crippen LogP contribution in [0.4, 0.5) is 5.69 Å². The zero-order valence-electron chi connectivity index (χ0n) is 16.0. The summed E-state index contributed by atoms with van der Waals surface area (Å²) in [7, 11) is -3.44. The Balaban J connectivity index is 2.07. The van der Waals surface area contributed by atoms with Gasteiger partial charge in [-0.15, -0.1) is 0 Å². The maximum atomic E-state index is 12.4. The van der Waals surface area contributed by atoms with Crippen molar-refractivity contribution in [3.8, 4) is 0 Å². The largest absolute Gasteiger partial charge is 0.367 e. The Hall–Kier alpha value is -1.63. The average molecular weight is 368 g/mol. The smallest absolute Gasteiger partial charge is 0.228 e. The molecule has 25 heavy (non-hydrogen) atoms. The van der Waals surface area contributed by atoms with Gasteiger partial charge in [-0.1, -0.05) is 20.8 Å². The third-order valence-corrected chi connectivity index (χ3v) is 6.78. The molecule has 0 unspecified atom stereocenters. The van der Waals surface area contributed by atoms with Crippen LogP contribution in [0.15, 0.2) is 23.4 Å². The highest BCUT2D eigenvalue weighted by Crippen LogP contribution is 2.25. The normalized spacial score (nSPS) is 16.9. The van der Waals surface area contributed by atoms with Gasteiger partial charge in [0.1, 0.15) is 0 Å². The molecular formula is C18H29N3O3S. The quantitative estimate of drug-likeness (QED) is 0.802. The zero-order valence-corrected chi connectivity index (χ0v) is 16.9. The van der Waals surface area contributed by atoms with Crippen LogP contribution in [-0.4, -0.2) is 55.1 Å². The summed E-state index contributed by atoms with van der Waals surface area (Å²) in [6.45, 7) is 13.6. The predicted octanol–water partition coefficient (Wildman–Crippen LogP) is 2.35. The van der Waals surface area contributed by atoms with E-state index in [0.29, 0.717) is 13.1 Å². The maximum absolute atomic E-state index is 12.4. The SMILES string of the molecule is CC(C)(C)C(=O)N1CCN(c2ccc(S(=O)(=O)C(C)(C)C)nc2)CC1. The number of carbonyl (C=O) groups is 1. The Morgan fingerprint density at radius 3 is 1.96 bits per heavy atom. The van der Waals surface area contributed by atoms with Crippen molar-refractivity contribution in [2.45, 2.75) is 51.3 Å². The molecule has 7 heteroatoms. The minimum atomic E-state index is -3.44. The van der Waals surface area contributed by atoms with Crippen LogP contribution >= 0.6 is 0 Å². The van der Waals surface area contributed by atoms with Gasteiger partial charge in [0, 0.05) is 31.6 Å². The topological polar surface area (TPSA) is 70.6 Å². The van der Waals surface area contributed by atoms with Crippen molar-refractivity contribution in [1.29, 1.82) is 0 Å². The van der Waals surface area contributed by atoms with E-state index in [1.54, 1.807) is 39.1 Å². The third-order valence-electron chi connectivity index (χ3n) is 4.38. The number of anilines is 1. The second-order valence-corrected chi connectivity index (χ2v) is 11.1. The summed E-state index contributed by atoms with van der Waals surface area (Å²) in [4.78, 5) is 20.5. The van der Waals surface area contributed by atoms with E-state index in [1.165, 1.54) is 0 Å². The molecule has 6 nitrogen and oxygen atoms in total. The Bertz CT molecular complexity index is 720. The number of carbonyl (C=O) groups excluding carboxylic acids is 1. The first kappa shape index (κ1) is 19.7. The van der Waals surface area contributed by atoms with Gasteiger partial charge >= 0.3 is 0 Å². The minimum absolute atomic E-state index is 0.102. The second-order valence-electron chi connectivity index (χ2n) is 8.50. The Morgan fingerprint density at radius 1 is 1.00 bits per heavy atom. The lowest BCUT2D eigenvalue weighted by molar-refractivity contribution is -0.139. The van der Waals surface area contributed by atoms with Crippen LogP contribution in [0.3, 0.4) is 0 Å². The lowest BCUT2D eigenvalue weighted by atomic mass is 9.94. The van der Waals surface area contributed by atoms with Gasteiger partial charge in [0.25, 0.3) is 0 Å². The molecule has 2 heterocycles. The van der Waals surface area contributed by atoms with Gasteiger partial charge in [-0.05, 0) is 32.9 Å². The molecule has 140 valence electrons. The Labute approximate surface area is 151 Å². The number of rotatable bonds is 2. The first-order valence-electron chi connectivity index (χ1n) is 8.59. The first-order chi connectivity index (χ1) is 11.3. The molecule has 1 aliphatic rings. The molecule has 2 rings (SSSR count). The number of nitrogens with zero attached hydrogens (tertiary/aromatic N) is 3. The first-order valence-corrected chi connectivity index (χ1v) is 10.1. The number of amides is 1. The minimum Gasteiger partial charge on any atom is -0.367 e. The lowest BCUT2D eigenvalue weighted by Gasteiger charge is -2.38. The summed E-state index contributed by atoms with van der Waals surface area (Å²) in [5.41, 5.74) is 0.517. The molecule has 0 bridgehead atoms. The number of aromatic nitrogens is 1. The van der Waals surface area contributed by atoms with Crippen LogP contribution in [0, 0.1) is 5.41 Å². The molecule has 0 radical (unpaired) electrons. The van der Waals surface area contributed by atoms with E-state index >= 15 is 0 Å². The van der Waals surface area contributed by atoms with Gasteiger partial charge in [-0.2, -0.15) is 0 Å². The zero-order chi connectivity index (χ0) is 19.0. The molecule has 1 aromatic rings. The molecule has 1 fully saturated rings. The maximum Gasteiger partial charge on any atom is 0.228 e. The van der Waals surface area contributed by atoms with Crippen molar-refractivity contribution < 1.29 is 13.2 Å². The van der Waals surface area contributed by atoms with Gasteiger partial charge < -0.3 is 9.80 Å². The van der Waals surface area contributed by atoms with Crippen LogP contribution in [-0.2, 0) is 14.6 Å². The highest BCUT2D eigenvalue weighted by Gasteiger charge is 2.33. The van der Waals surface area contributed by atoms with Gasteiger partial charge in [-0.3, -0.25) is 4.79 Å². The third kappa shape index (κ3) is 4.14. The van der Waals surface area contributed by atoms with E-state index in [1.807, 2.05) is 25.7 Å². The number of sulfone groups is 1. The lowest BCUT2D eigenvalue weighted by Crippen LogP contribution is -2.51. The fraction of sp³-hybridized carbons (Fsp3) is 0.667. The molecule has 1 aromatic heterocycles. The van der Waals surface area contributed by atoms with Crippen LogP contribution in [0.5, 0.6) is 0 Å². The number of hydrogen-bond acceptors (Lipinski definition) is 5. The van der Waals surface area contributed by atoms with Crippen LogP contribution < -0.4 is 4.90 Å². The molecular weight excluding hydrogens is 338 g/mol. The fourth-order valence-electron chi connectivity index (χ4n) is 2.67. The summed E-state index contributed by atoms with van der Waals surface area (Å²) in [6.07, 6.45) is 1.61. The summed E-state index contributed by atoms with van der Waals surface area (Å²) < 4.78 is 24.0. The summed E-state index contributed by atoms with van der Waals surface area (Å²) in [6, 6.07) is 3.37. The summed E-state index contributed by atoms with van der Waals surface area (Å²) in [5.74, 6) is 0.164. The number of pyridine rings is 1. The highest BCUT2D eigenvalue weighted by molar-refractivity contribution is 7.92. The van der Waals surface area contributed by atoms with Crippen molar-refractivity contribution in [3.05, 3.63) is 18.3 Å². The van der Waals surface area contributed by atoms with E-state index in [4.69, 9.17) is 0 Å². The van der Waals surface area contributed by atoms with E-state index in [-0.39, 0.29) is 16.3 Å². The molecule has 0 atom stereocenters. The van der Waals surface area contributed by atoms with Crippen molar-refractivity contribution >= 4 is 21.4 Å². The van der Waals surface area contributed by atoms with Crippen molar-refractivity contribution in [3.63, 3.8) is 0 Å². The Morgan fingerprint density at radius 2 is 1.56 bits per heavy atom. The number of piperazine rings is 1. The van der Waals surface area contributed by atoms with Crippen molar-refractivity contribution in [2.75, 3.05) is 31.1 Å². The van der Waals surface area contributed by atoms with E-state index in [2.05, 4.69) is 9.88 Å². The molecule has 0 N–H and O–H groups in total. The van der Waals surface area contributed by atoms with Crippen LogP contribution in [0.1, 0.15) is 41.5 Å². The monoisotopic (exact) mass is 367 g/mol. The Kier molecular flexibility index (Phi) is 5.19. The van der Waals surface area contributed by atoms with Crippen molar-refractivity contribution in [2.24, 2.45) is 5.41 Å². The molecule has 0 saturated carbocycles. The van der Waals surface area contributed by atoms with Gasteiger partial charge in [-0.25, -0.2) is 13.4 Å². The average Bonchev–Trinajstić information content (AvgIpc) is 2.52. The van der Waals surface area contributed by atoms with E-state index in [0.717, 1.165) is 18.8 Å². The fourth-order valence-corrected chi connectivity index (χ4v) is 3.74. The van der Waals surface area contributed by atoms with Crippen LogP contribution in [0.25, 0.3) is 0 Å². The molecule has 0 aliphatic carbocycles. The molecule has 1 saturated heterocycles. The van der Waals surface area contributed by atoms with E-state index in [9.17, 15) is 13.2 Å². The standard InChI is InChI=1S/C18H29N3O3S/c1-17(2,3)16(22)21-11-9-20(10-12-21)14-7-8-15(19-13-14)25(23,24)18(4,5)6/h7-8,13H,9-12H2,1-6H3. The molecule has 0 spiro atoms.